The summed E-state index contributed by atoms with van der Waals surface area (Å²) < 4.78 is 4.53. The van der Waals surface area contributed by atoms with Gasteiger partial charge in [0.25, 0.3) is 0 Å². The minimum Gasteiger partial charge on any atom is -0.480 e. The summed E-state index contributed by atoms with van der Waals surface area (Å²) in [5.41, 5.74) is 5.22. The molecule has 4 N–H and O–H groups in total. The Hall–Kier alpha value is -1.14. The molecule has 6 nitrogen and oxygen atoms in total. The van der Waals surface area contributed by atoms with Crippen molar-refractivity contribution < 1.29 is 19.4 Å². The maximum absolute atomic E-state index is 10.7. The molecule has 1 fully saturated rings. The van der Waals surface area contributed by atoms with Crippen LogP contribution in [0.1, 0.15) is 33.1 Å². The molecule has 1 heterocycles. The van der Waals surface area contributed by atoms with Crippen LogP contribution in [0.3, 0.4) is 0 Å². The minimum absolute atomic E-state index is 0.0324. The molecule has 1 aliphatic heterocycles. The van der Waals surface area contributed by atoms with Gasteiger partial charge in [0.05, 0.1) is 7.11 Å². The summed E-state index contributed by atoms with van der Waals surface area (Å²) in [7, 11) is 1.42. The number of esters is 1. The smallest absolute Gasteiger partial charge is 0.322 e. The molecule has 0 amide bonds. The van der Waals surface area contributed by atoms with Crippen molar-refractivity contribution in [2.24, 2.45) is 11.7 Å². The second-order valence-corrected chi connectivity index (χ2v) is 4.75. The average molecular weight is 260 g/mol. The van der Waals surface area contributed by atoms with Gasteiger partial charge in [-0.15, -0.1) is 0 Å². The standard InChI is InChI=1S/C6H11NO2.C6H13NO2/c1-9-6(8)5-3-2-4-7-5;1-4(2)3-5(7)6(8)9/h5,7H,2-4H2,1H3;4-5H,3,7H2,1-2H3,(H,8,9)/t2*5-/m00/s1. The summed E-state index contributed by atoms with van der Waals surface area (Å²) in [6.45, 7) is 4.84. The van der Waals surface area contributed by atoms with E-state index in [1.807, 2.05) is 13.8 Å². The number of hydrogen-bond donors (Lipinski definition) is 3. The lowest BCUT2D eigenvalue weighted by Crippen LogP contribution is -2.31. The number of hydrogen-bond acceptors (Lipinski definition) is 5. The van der Waals surface area contributed by atoms with Gasteiger partial charge in [0.1, 0.15) is 12.1 Å². The fourth-order valence-electron chi connectivity index (χ4n) is 1.64. The van der Waals surface area contributed by atoms with Gasteiger partial charge in [-0.1, -0.05) is 13.8 Å². The van der Waals surface area contributed by atoms with E-state index >= 15 is 0 Å². The predicted octanol–water partition coefficient (Wildman–Crippen LogP) is 0.356. The Labute approximate surface area is 108 Å². The number of ether oxygens (including phenoxy) is 1. The van der Waals surface area contributed by atoms with Crippen LogP contribution in [-0.4, -0.2) is 42.8 Å². The monoisotopic (exact) mass is 260 g/mol. The quantitative estimate of drug-likeness (QED) is 0.631. The molecule has 6 heteroatoms. The summed E-state index contributed by atoms with van der Waals surface area (Å²) >= 11 is 0. The molecule has 0 aromatic carbocycles. The lowest BCUT2D eigenvalue weighted by molar-refractivity contribution is -0.142. The third-order valence-corrected chi connectivity index (χ3v) is 2.59. The Kier molecular flexibility index (Phi) is 8.32. The van der Waals surface area contributed by atoms with E-state index in [-0.39, 0.29) is 12.0 Å². The number of carboxylic acid groups (broad SMARTS) is 1. The molecule has 1 saturated heterocycles. The number of nitrogens with two attached hydrogens (primary N) is 1. The van der Waals surface area contributed by atoms with Crippen molar-refractivity contribution in [2.75, 3.05) is 13.7 Å². The van der Waals surface area contributed by atoms with E-state index in [2.05, 4.69) is 10.1 Å². The molecule has 0 bridgehead atoms. The van der Waals surface area contributed by atoms with E-state index in [4.69, 9.17) is 10.8 Å². The fraction of sp³-hybridized carbons (Fsp3) is 0.833. The SMILES string of the molecule is CC(C)C[C@H](N)C(=O)O.COC(=O)[C@@H]1CCCN1. The first kappa shape index (κ1) is 16.9. The summed E-state index contributed by atoms with van der Waals surface area (Å²) in [6, 6.07) is -0.722. The van der Waals surface area contributed by atoms with Gasteiger partial charge >= 0.3 is 11.9 Å². The molecule has 1 rings (SSSR count). The third kappa shape index (κ3) is 7.24. The van der Waals surface area contributed by atoms with Crippen molar-refractivity contribution in [3.8, 4) is 0 Å². The van der Waals surface area contributed by atoms with Crippen LogP contribution in [-0.2, 0) is 14.3 Å². The Bertz CT molecular complexity index is 263. The topological polar surface area (TPSA) is 102 Å². The van der Waals surface area contributed by atoms with Crippen LogP contribution < -0.4 is 11.1 Å². The highest BCUT2D eigenvalue weighted by Gasteiger charge is 2.21. The second-order valence-electron chi connectivity index (χ2n) is 4.75. The van der Waals surface area contributed by atoms with Crippen molar-refractivity contribution >= 4 is 11.9 Å². The van der Waals surface area contributed by atoms with Gasteiger partial charge in [-0.25, -0.2) is 0 Å². The van der Waals surface area contributed by atoms with Crippen molar-refractivity contribution in [1.82, 2.24) is 5.32 Å². The molecule has 2 atom stereocenters. The normalized spacial score (nSPS) is 19.9. The molecular formula is C12H24N2O4. The lowest BCUT2D eigenvalue weighted by Gasteiger charge is -2.07. The average Bonchev–Trinajstić information content (AvgIpc) is 2.81. The minimum atomic E-state index is -0.913. The molecule has 0 radical (unpaired) electrons. The van der Waals surface area contributed by atoms with Crippen LogP contribution in [0, 0.1) is 5.92 Å². The number of carbonyl (C=O) groups excluding carboxylic acids is 1. The molecule has 106 valence electrons. The van der Waals surface area contributed by atoms with Gasteiger partial charge in [0.15, 0.2) is 0 Å². The Balaban J connectivity index is 0.000000321. The number of carbonyl (C=O) groups is 2. The number of carboxylic acids is 1. The first-order valence-electron chi connectivity index (χ1n) is 6.18. The summed E-state index contributed by atoms with van der Waals surface area (Å²) in [6.07, 6.45) is 2.56. The van der Waals surface area contributed by atoms with Crippen LogP contribution >= 0.6 is 0 Å². The van der Waals surface area contributed by atoms with Crippen LogP contribution in [0.4, 0.5) is 0 Å². The Morgan fingerprint density at radius 3 is 2.39 bits per heavy atom. The van der Waals surface area contributed by atoms with E-state index in [0.29, 0.717) is 12.3 Å². The first-order chi connectivity index (χ1) is 8.38. The molecule has 0 unspecified atom stereocenters. The van der Waals surface area contributed by atoms with Crippen LogP contribution in [0.15, 0.2) is 0 Å². The zero-order valence-corrected chi connectivity index (χ0v) is 11.3. The van der Waals surface area contributed by atoms with E-state index < -0.39 is 12.0 Å². The second kappa shape index (κ2) is 8.88. The zero-order chi connectivity index (χ0) is 14.1. The van der Waals surface area contributed by atoms with Gasteiger partial charge in [-0.2, -0.15) is 0 Å². The zero-order valence-electron chi connectivity index (χ0n) is 11.3. The van der Waals surface area contributed by atoms with Crippen LogP contribution in [0.2, 0.25) is 0 Å². The van der Waals surface area contributed by atoms with Crippen molar-refractivity contribution in [3.63, 3.8) is 0 Å². The molecule has 18 heavy (non-hydrogen) atoms. The van der Waals surface area contributed by atoms with Crippen molar-refractivity contribution in [2.45, 2.75) is 45.2 Å². The molecule has 0 saturated carbocycles. The molecule has 0 aliphatic carbocycles. The van der Waals surface area contributed by atoms with E-state index in [1.165, 1.54) is 7.11 Å². The Morgan fingerprint density at radius 1 is 1.50 bits per heavy atom. The highest BCUT2D eigenvalue weighted by atomic mass is 16.5. The summed E-state index contributed by atoms with van der Waals surface area (Å²) in [5.74, 6) is -0.688. The van der Waals surface area contributed by atoms with E-state index in [1.54, 1.807) is 0 Å². The maximum atomic E-state index is 10.7. The molecule has 0 spiro atoms. The number of rotatable bonds is 4. The Morgan fingerprint density at radius 2 is 2.11 bits per heavy atom. The van der Waals surface area contributed by atoms with E-state index in [9.17, 15) is 9.59 Å². The molecule has 1 aliphatic rings. The molecule has 0 aromatic rings. The number of aliphatic carboxylic acids is 1. The number of methoxy groups -OCH3 is 1. The van der Waals surface area contributed by atoms with Gasteiger partial charge in [-0.3, -0.25) is 9.59 Å². The fourth-order valence-corrected chi connectivity index (χ4v) is 1.64. The van der Waals surface area contributed by atoms with Gasteiger partial charge in [0.2, 0.25) is 0 Å². The molecule has 0 aromatic heterocycles. The first-order valence-corrected chi connectivity index (χ1v) is 6.18. The van der Waals surface area contributed by atoms with Crippen molar-refractivity contribution in [1.29, 1.82) is 0 Å². The third-order valence-electron chi connectivity index (χ3n) is 2.59. The molecular weight excluding hydrogens is 236 g/mol. The van der Waals surface area contributed by atoms with Gasteiger partial charge in [-0.05, 0) is 31.7 Å². The highest BCUT2D eigenvalue weighted by Crippen LogP contribution is 2.05. The summed E-state index contributed by atoms with van der Waals surface area (Å²) in [5, 5.41) is 11.3. The van der Waals surface area contributed by atoms with E-state index in [0.717, 1.165) is 19.4 Å². The maximum Gasteiger partial charge on any atom is 0.322 e. The van der Waals surface area contributed by atoms with Gasteiger partial charge in [0, 0.05) is 0 Å². The number of nitrogens with one attached hydrogen (secondary N) is 1. The lowest BCUT2D eigenvalue weighted by atomic mass is 10.1. The predicted molar refractivity (Wildman–Crippen MR) is 68.1 cm³/mol. The highest BCUT2D eigenvalue weighted by molar-refractivity contribution is 5.75. The van der Waals surface area contributed by atoms with Crippen LogP contribution in [0.25, 0.3) is 0 Å². The van der Waals surface area contributed by atoms with Crippen LogP contribution in [0.5, 0.6) is 0 Å². The summed E-state index contributed by atoms with van der Waals surface area (Å²) in [4.78, 5) is 20.8. The van der Waals surface area contributed by atoms with Crippen molar-refractivity contribution in [3.05, 3.63) is 0 Å². The largest absolute Gasteiger partial charge is 0.480 e. The van der Waals surface area contributed by atoms with Gasteiger partial charge < -0.3 is 20.9 Å².